The largest absolute Gasteiger partial charge is 0.334 e. The summed E-state index contributed by atoms with van der Waals surface area (Å²) in [5.74, 6) is 1.36. The molecule has 0 aliphatic carbocycles. The molecule has 0 spiro atoms. The fraction of sp³-hybridized carbons (Fsp3) is 0.429. The molecule has 1 N–H and O–H groups in total. The van der Waals surface area contributed by atoms with Crippen molar-refractivity contribution in [2.75, 3.05) is 26.7 Å². The zero-order valence-corrected chi connectivity index (χ0v) is 13.7. The predicted octanol–water partition coefficient (Wildman–Crippen LogP) is 2.23. The first-order valence-electron chi connectivity index (χ1n) is 6.66. The molecular weight excluding hydrogens is 367 g/mol. The third kappa shape index (κ3) is 2.72. The number of halogens is 1. The Bertz CT molecular complexity index is 613. The molecule has 5 nitrogen and oxygen atoms in total. The fourth-order valence-corrected chi connectivity index (χ4v) is 2.94. The lowest BCUT2D eigenvalue weighted by molar-refractivity contribution is 0.190. The van der Waals surface area contributed by atoms with Crippen molar-refractivity contribution >= 4 is 22.6 Å². The summed E-state index contributed by atoms with van der Waals surface area (Å²) in [6.45, 7) is 4.93. The number of benzene rings is 1. The number of nitrogens with zero attached hydrogens (tertiary/aromatic N) is 3. The molecule has 0 radical (unpaired) electrons. The van der Waals surface area contributed by atoms with Gasteiger partial charge in [-0.05, 0) is 48.7 Å². The molecule has 1 aromatic heterocycles. The van der Waals surface area contributed by atoms with Gasteiger partial charge in [-0.15, -0.1) is 0 Å². The number of rotatable bonds is 2. The SMILES string of the molecule is Cc1ccc(I)c(-c2nc(C3CNCCN3C)no2)c1. The molecule has 1 aromatic carbocycles. The van der Waals surface area contributed by atoms with E-state index < -0.39 is 0 Å². The molecule has 1 aliphatic rings. The molecule has 1 atom stereocenters. The van der Waals surface area contributed by atoms with E-state index in [9.17, 15) is 0 Å². The lowest BCUT2D eigenvalue weighted by Gasteiger charge is -2.30. The number of hydrogen-bond donors (Lipinski definition) is 1. The van der Waals surface area contributed by atoms with E-state index in [1.54, 1.807) is 0 Å². The summed E-state index contributed by atoms with van der Waals surface area (Å²) < 4.78 is 6.59. The van der Waals surface area contributed by atoms with Gasteiger partial charge in [-0.3, -0.25) is 4.90 Å². The Morgan fingerprint density at radius 1 is 1.45 bits per heavy atom. The van der Waals surface area contributed by atoms with Crippen molar-refractivity contribution in [3.63, 3.8) is 0 Å². The van der Waals surface area contributed by atoms with E-state index in [0.29, 0.717) is 5.89 Å². The van der Waals surface area contributed by atoms with Gasteiger partial charge in [-0.2, -0.15) is 4.98 Å². The number of aromatic nitrogens is 2. The van der Waals surface area contributed by atoms with Crippen LogP contribution in [0.1, 0.15) is 17.4 Å². The minimum atomic E-state index is 0.184. The van der Waals surface area contributed by atoms with Gasteiger partial charge < -0.3 is 9.84 Å². The maximum Gasteiger partial charge on any atom is 0.259 e. The molecule has 1 aliphatic heterocycles. The molecule has 20 heavy (non-hydrogen) atoms. The summed E-state index contributed by atoms with van der Waals surface area (Å²) in [6, 6.07) is 6.43. The van der Waals surface area contributed by atoms with E-state index in [1.165, 1.54) is 5.56 Å². The van der Waals surface area contributed by atoms with Gasteiger partial charge in [0.2, 0.25) is 0 Å². The average Bonchev–Trinajstić information content (AvgIpc) is 2.91. The Hall–Kier alpha value is -0.990. The van der Waals surface area contributed by atoms with Gasteiger partial charge in [0.1, 0.15) is 0 Å². The third-order valence-electron chi connectivity index (χ3n) is 3.60. The minimum absolute atomic E-state index is 0.184. The highest BCUT2D eigenvalue weighted by atomic mass is 127. The summed E-state index contributed by atoms with van der Waals surface area (Å²) in [5.41, 5.74) is 2.20. The number of aryl methyl sites for hydroxylation is 1. The maximum absolute atomic E-state index is 5.47. The van der Waals surface area contributed by atoms with Gasteiger partial charge in [0.15, 0.2) is 5.82 Å². The van der Waals surface area contributed by atoms with Gasteiger partial charge in [0.25, 0.3) is 5.89 Å². The lowest BCUT2D eigenvalue weighted by Crippen LogP contribution is -2.44. The molecule has 6 heteroatoms. The van der Waals surface area contributed by atoms with Gasteiger partial charge >= 0.3 is 0 Å². The van der Waals surface area contributed by atoms with E-state index in [0.717, 1.165) is 34.6 Å². The molecule has 0 saturated carbocycles. The molecular formula is C14H17IN4O. The first kappa shape index (κ1) is 14.0. The van der Waals surface area contributed by atoms with E-state index in [-0.39, 0.29) is 6.04 Å². The molecule has 3 rings (SSSR count). The summed E-state index contributed by atoms with van der Waals surface area (Å²) in [5, 5.41) is 7.53. The Morgan fingerprint density at radius 2 is 2.30 bits per heavy atom. The van der Waals surface area contributed by atoms with Crippen molar-refractivity contribution in [2.45, 2.75) is 13.0 Å². The maximum atomic E-state index is 5.47. The number of likely N-dealkylation sites (N-methyl/N-ethyl adjacent to an activating group) is 1. The third-order valence-corrected chi connectivity index (χ3v) is 4.54. The second-order valence-electron chi connectivity index (χ2n) is 5.14. The fourth-order valence-electron chi connectivity index (χ4n) is 2.38. The van der Waals surface area contributed by atoms with E-state index in [2.05, 4.69) is 75.1 Å². The second kappa shape index (κ2) is 5.79. The smallest absolute Gasteiger partial charge is 0.259 e. The molecule has 1 saturated heterocycles. The Balaban J connectivity index is 1.91. The van der Waals surface area contributed by atoms with Crippen LogP contribution in [0.3, 0.4) is 0 Å². The molecule has 0 amide bonds. The van der Waals surface area contributed by atoms with Crippen LogP contribution in [0.2, 0.25) is 0 Å². The topological polar surface area (TPSA) is 54.2 Å². The lowest BCUT2D eigenvalue weighted by atomic mass is 10.1. The van der Waals surface area contributed by atoms with E-state index >= 15 is 0 Å². The zero-order chi connectivity index (χ0) is 14.1. The van der Waals surface area contributed by atoms with Crippen LogP contribution in [0.25, 0.3) is 11.5 Å². The molecule has 2 aromatic rings. The highest BCUT2D eigenvalue weighted by Crippen LogP contribution is 2.27. The first-order valence-corrected chi connectivity index (χ1v) is 7.74. The molecule has 1 fully saturated rings. The van der Waals surface area contributed by atoms with Crippen LogP contribution >= 0.6 is 22.6 Å². The highest BCUT2D eigenvalue weighted by molar-refractivity contribution is 14.1. The van der Waals surface area contributed by atoms with Crippen molar-refractivity contribution < 1.29 is 4.52 Å². The number of nitrogens with one attached hydrogen (secondary N) is 1. The van der Waals surface area contributed by atoms with Crippen molar-refractivity contribution in [1.29, 1.82) is 0 Å². The summed E-state index contributed by atoms with van der Waals surface area (Å²) in [4.78, 5) is 6.85. The molecule has 2 heterocycles. The van der Waals surface area contributed by atoms with Crippen LogP contribution in [0.15, 0.2) is 22.7 Å². The standard InChI is InChI=1S/C14H17IN4O/c1-9-3-4-11(15)10(7-9)14-17-13(18-20-14)12-8-16-5-6-19(12)2/h3-4,7,12,16H,5-6,8H2,1-2H3. The monoisotopic (exact) mass is 384 g/mol. The van der Waals surface area contributed by atoms with Crippen LogP contribution < -0.4 is 5.32 Å². The van der Waals surface area contributed by atoms with Crippen molar-refractivity contribution in [2.24, 2.45) is 0 Å². The van der Waals surface area contributed by atoms with Crippen LogP contribution in [0, 0.1) is 10.5 Å². The van der Waals surface area contributed by atoms with Crippen LogP contribution in [-0.2, 0) is 0 Å². The predicted molar refractivity (Wildman–Crippen MR) is 85.4 cm³/mol. The summed E-state index contributed by atoms with van der Waals surface area (Å²) >= 11 is 2.30. The van der Waals surface area contributed by atoms with E-state index in [4.69, 9.17) is 4.52 Å². The molecule has 1 unspecified atom stereocenters. The first-order chi connectivity index (χ1) is 9.65. The quantitative estimate of drug-likeness (QED) is 0.805. The number of piperazine rings is 1. The van der Waals surface area contributed by atoms with E-state index in [1.807, 2.05) is 0 Å². The zero-order valence-electron chi connectivity index (χ0n) is 11.6. The van der Waals surface area contributed by atoms with Crippen molar-refractivity contribution in [1.82, 2.24) is 20.4 Å². The van der Waals surface area contributed by atoms with Crippen molar-refractivity contribution in [3.8, 4) is 11.5 Å². The Labute approximate surface area is 131 Å². The minimum Gasteiger partial charge on any atom is -0.334 e. The van der Waals surface area contributed by atoms with Crippen LogP contribution in [-0.4, -0.2) is 41.7 Å². The molecule has 106 valence electrons. The van der Waals surface area contributed by atoms with Crippen molar-refractivity contribution in [3.05, 3.63) is 33.2 Å². The van der Waals surface area contributed by atoms with Crippen LogP contribution in [0.5, 0.6) is 0 Å². The van der Waals surface area contributed by atoms with Crippen LogP contribution in [0.4, 0.5) is 0 Å². The second-order valence-corrected chi connectivity index (χ2v) is 6.30. The normalized spacial score (nSPS) is 20.2. The molecule has 0 bridgehead atoms. The number of hydrogen-bond acceptors (Lipinski definition) is 5. The van der Waals surface area contributed by atoms with Gasteiger partial charge in [-0.25, -0.2) is 0 Å². The summed E-state index contributed by atoms with van der Waals surface area (Å²) in [7, 11) is 2.10. The highest BCUT2D eigenvalue weighted by Gasteiger charge is 2.25. The van der Waals surface area contributed by atoms with Gasteiger partial charge in [0, 0.05) is 23.2 Å². The Morgan fingerprint density at radius 3 is 3.10 bits per heavy atom. The average molecular weight is 384 g/mol. The van der Waals surface area contributed by atoms with Gasteiger partial charge in [-0.1, -0.05) is 16.8 Å². The summed E-state index contributed by atoms with van der Waals surface area (Å²) in [6.07, 6.45) is 0. The van der Waals surface area contributed by atoms with Gasteiger partial charge in [0.05, 0.1) is 11.6 Å². The Kier molecular flexibility index (Phi) is 4.04.